The molecule has 0 fully saturated rings. The third-order valence-electron chi connectivity index (χ3n) is 2.95. The van der Waals surface area contributed by atoms with Crippen molar-refractivity contribution in [2.75, 3.05) is 5.32 Å². The van der Waals surface area contributed by atoms with E-state index in [1.165, 1.54) is 0 Å². The molecule has 0 bridgehead atoms. The van der Waals surface area contributed by atoms with E-state index in [2.05, 4.69) is 20.3 Å². The number of amides is 1. The summed E-state index contributed by atoms with van der Waals surface area (Å²) in [7, 11) is 1.86. The van der Waals surface area contributed by atoms with Crippen molar-refractivity contribution in [2.24, 2.45) is 12.2 Å². The number of azide groups is 1. The minimum absolute atomic E-state index is 0.260. The van der Waals surface area contributed by atoms with Crippen LogP contribution in [0, 0.1) is 0 Å². The Morgan fingerprint density at radius 1 is 1.50 bits per heavy atom. The van der Waals surface area contributed by atoms with Crippen molar-refractivity contribution in [3.8, 4) is 0 Å². The molecule has 0 unspecified atom stereocenters. The minimum Gasteiger partial charge on any atom is -0.444 e. The molecule has 8 heteroatoms. The molecular formula is C14H18N6O2. The van der Waals surface area contributed by atoms with E-state index in [-0.39, 0.29) is 6.54 Å². The Balaban J connectivity index is 2.24. The number of hydrogen-bond donors (Lipinski definition) is 1. The summed E-state index contributed by atoms with van der Waals surface area (Å²) in [5, 5.41) is 7.06. The van der Waals surface area contributed by atoms with Crippen LogP contribution in [0.15, 0.2) is 23.4 Å². The highest BCUT2D eigenvalue weighted by molar-refractivity contribution is 5.88. The second kappa shape index (κ2) is 5.95. The van der Waals surface area contributed by atoms with Gasteiger partial charge in [0, 0.05) is 35.3 Å². The topological polar surface area (TPSA) is 105 Å². The fraction of sp³-hybridized carbons (Fsp3) is 0.429. The van der Waals surface area contributed by atoms with Crippen LogP contribution in [0.1, 0.15) is 26.5 Å². The van der Waals surface area contributed by atoms with Gasteiger partial charge >= 0.3 is 6.09 Å². The Kier molecular flexibility index (Phi) is 4.23. The summed E-state index contributed by atoms with van der Waals surface area (Å²) in [4.78, 5) is 18.7. The van der Waals surface area contributed by atoms with Crippen LogP contribution in [0.5, 0.6) is 0 Å². The smallest absolute Gasteiger partial charge is 0.413 e. The molecule has 0 saturated heterocycles. The van der Waals surface area contributed by atoms with E-state index in [4.69, 9.17) is 10.3 Å². The van der Waals surface area contributed by atoms with E-state index < -0.39 is 11.7 Å². The number of nitrogens with one attached hydrogen (secondary N) is 1. The van der Waals surface area contributed by atoms with Crippen molar-refractivity contribution < 1.29 is 9.53 Å². The average molecular weight is 302 g/mol. The molecule has 0 atom stereocenters. The molecule has 1 amide bonds. The Morgan fingerprint density at radius 3 is 2.86 bits per heavy atom. The number of rotatable bonds is 3. The van der Waals surface area contributed by atoms with Gasteiger partial charge in [0.2, 0.25) is 0 Å². The van der Waals surface area contributed by atoms with E-state index in [0.29, 0.717) is 5.82 Å². The molecule has 0 aliphatic rings. The lowest BCUT2D eigenvalue weighted by atomic mass is 10.2. The van der Waals surface area contributed by atoms with Gasteiger partial charge in [-0.3, -0.25) is 5.32 Å². The second-order valence-corrected chi connectivity index (χ2v) is 5.84. The van der Waals surface area contributed by atoms with Gasteiger partial charge in [-0.1, -0.05) is 5.11 Å². The standard InChI is InChI=1S/C14H18N6O2/c1-14(2,3)22-13(21)18-12-6-11-9(7-16-12)5-10(20(11)4)8-17-19-15/h5-7H,8H2,1-4H3,(H,16,18,21). The number of fused-ring (bicyclic) bond motifs is 1. The fourth-order valence-corrected chi connectivity index (χ4v) is 2.02. The molecule has 2 heterocycles. The number of aryl methyl sites for hydroxylation is 1. The first kappa shape index (κ1) is 15.7. The monoisotopic (exact) mass is 302 g/mol. The van der Waals surface area contributed by atoms with E-state index >= 15 is 0 Å². The van der Waals surface area contributed by atoms with Crippen LogP contribution in [0.3, 0.4) is 0 Å². The van der Waals surface area contributed by atoms with Crippen molar-refractivity contribution in [1.82, 2.24) is 9.55 Å². The SMILES string of the molecule is Cn1c(CN=[N+]=[N-])cc2cnc(NC(=O)OC(C)(C)C)cc21. The molecular weight excluding hydrogens is 284 g/mol. The van der Waals surface area contributed by atoms with Gasteiger partial charge in [0.05, 0.1) is 12.1 Å². The molecule has 0 radical (unpaired) electrons. The lowest BCUT2D eigenvalue weighted by molar-refractivity contribution is 0.0635. The average Bonchev–Trinajstić information content (AvgIpc) is 2.71. The van der Waals surface area contributed by atoms with E-state index in [1.807, 2.05) is 17.7 Å². The summed E-state index contributed by atoms with van der Waals surface area (Å²) in [5.41, 5.74) is 9.58. The third kappa shape index (κ3) is 3.67. The predicted octanol–water partition coefficient (Wildman–Crippen LogP) is 3.73. The normalized spacial score (nSPS) is 11.1. The molecule has 2 rings (SSSR count). The van der Waals surface area contributed by atoms with E-state index in [0.717, 1.165) is 16.6 Å². The molecule has 0 aromatic carbocycles. The van der Waals surface area contributed by atoms with Gasteiger partial charge in [-0.25, -0.2) is 9.78 Å². The number of hydrogen-bond acceptors (Lipinski definition) is 4. The van der Waals surface area contributed by atoms with Gasteiger partial charge in [-0.05, 0) is 32.4 Å². The number of nitrogens with zero attached hydrogens (tertiary/aromatic N) is 5. The summed E-state index contributed by atoms with van der Waals surface area (Å²) in [6, 6.07) is 3.65. The number of anilines is 1. The zero-order valence-electron chi connectivity index (χ0n) is 13.0. The molecule has 1 N–H and O–H groups in total. The van der Waals surface area contributed by atoms with E-state index in [1.54, 1.807) is 33.0 Å². The third-order valence-corrected chi connectivity index (χ3v) is 2.95. The van der Waals surface area contributed by atoms with Gasteiger partial charge in [0.25, 0.3) is 0 Å². The van der Waals surface area contributed by atoms with Crippen LogP contribution in [0.2, 0.25) is 0 Å². The van der Waals surface area contributed by atoms with E-state index in [9.17, 15) is 4.79 Å². The molecule has 0 aliphatic heterocycles. The molecule has 2 aromatic heterocycles. The lowest BCUT2D eigenvalue weighted by Crippen LogP contribution is -2.27. The van der Waals surface area contributed by atoms with Crippen LogP contribution in [-0.2, 0) is 18.3 Å². The molecule has 0 saturated carbocycles. The first-order chi connectivity index (χ1) is 10.3. The lowest BCUT2D eigenvalue weighted by Gasteiger charge is -2.19. The van der Waals surface area contributed by atoms with Crippen molar-refractivity contribution in [3.05, 3.63) is 34.5 Å². The Bertz CT molecular complexity index is 753. The minimum atomic E-state index is -0.568. The summed E-state index contributed by atoms with van der Waals surface area (Å²) in [6.07, 6.45) is 1.10. The number of aromatic nitrogens is 2. The van der Waals surface area contributed by atoms with Crippen molar-refractivity contribution in [3.63, 3.8) is 0 Å². The van der Waals surface area contributed by atoms with Crippen molar-refractivity contribution >= 4 is 22.8 Å². The van der Waals surface area contributed by atoms with Crippen LogP contribution >= 0.6 is 0 Å². The maximum atomic E-state index is 11.8. The van der Waals surface area contributed by atoms with Gasteiger partial charge < -0.3 is 9.30 Å². The predicted molar refractivity (Wildman–Crippen MR) is 83.4 cm³/mol. The highest BCUT2D eigenvalue weighted by Crippen LogP contribution is 2.21. The number of carbonyl (C=O) groups excluding carboxylic acids is 1. The summed E-state index contributed by atoms with van der Waals surface area (Å²) in [5.74, 6) is 0.401. The Hall–Kier alpha value is -2.73. The highest BCUT2D eigenvalue weighted by Gasteiger charge is 2.17. The van der Waals surface area contributed by atoms with Crippen LogP contribution in [0.4, 0.5) is 10.6 Å². The molecule has 116 valence electrons. The van der Waals surface area contributed by atoms with Gasteiger partial charge in [-0.15, -0.1) is 0 Å². The van der Waals surface area contributed by atoms with Crippen molar-refractivity contribution in [2.45, 2.75) is 32.9 Å². The summed E-state index contributed by atoms with van der Waals surface area (Å²) >= 11 is 0. The largest absolute Gasteiger partial charge is 0.444 e. The van der Waals surface area contributed by atoms with Crippen LogP contribution < -0.4 is 5.32 Å². The van der Waals surface area contributed by atoms with Gasteiger partial charge in [0.15, 0.2) is 0 Å². The summed E-state index contributed by atoms with van der Waals surface area (Å²) < 4.78 is 7.09. The van der Waals surface area contributed by atoms with Gasteiger partial charge in [0.1, 0.15) is 11.4 Å². The zero-order chi connectivity index (χ0) is 16.3. The Morgan fingerprint density at radius 2 is 2.23 bits per heavy atom. The first-order valence-corrected chi connectivity index (χ1v) is 6.75. The van der Waals surface area contributed by atoms with Crippen LogP contribution in [-0.4, -0.2) is 21.2 Å². The summed E-state index contributed by atoms with van der Waals surface area (Å²) in [6.45, 7) is 5.64. The molecule has 0 aliphatic carbocycles. The number of carbonyl (C=O) groups is 1. The van der Waals surface area contributed by atoms with Crippen LogP contribution in [0.25, 0.3) is 21.3 Å². The zero-order valence-corrected chi connectivity index (χ0v) is 13.0. The first-order valence-electron chi connectivity index (χ1n) is 6.75. The maximum absolute atomic E-state index is 11.8. The maximum Gasteiger partial charge on any atom is 0.413 e. The number of pyridine rings is 1. The molecule has 0 spiro atoms. The highest BCUT2D eigenvalue weighted by atomic mass is 16.6. The second-order valence-electron chi connectivity index (χ2n) is 5.84. The molecule has 22 heavy (non-hydrogen) atoms. The molecule has 8 nitrogen and oxygen atoms in total. The van der Waals surface area contributed by atoms with Crippen molar-refractivity contribution in [1.29, 1.82) is 0 Å². The number of ether oxygens (including phenoxy) is 1. The quantitative estimate of drug-likeness (QED) is 0.530. The Labute approximate surface area is 127 Å². The molecule has 2 aromatic rings. The fourth-order valence-electron chi connectivity index (χ4n) is 2.02. The van der Waals surface area contributed by atoms with Gasteiger partial charge in [-0.2, -0.15) is 0 Å².